The van der Waals surface area contributed by atoms with Crippen molar-refractivity contribution >= 4 is 21.7 Å². The van der Waals surface area contributed by atoms with E-state index in [1.165, 1.54) is 48.5 Å². The van der Waals surface area contributed by atoms with Crippen molar-refractivity contribution in [3.63, 3.8) is 0 Å². The standard InChI is InChI=1S/C28H24F6N4O2S/c1-18-15-19(2)36-26(35-18)37-41(39,40)25-13-11-24(12-14-25)38(16-20-3-7-22(8-4-20)27(29,30)31)17-21-5-9-23(10-6-21)28(32,33)34/h3-15H,16-17H2,1-2H3,(H,35,36,37). The Hall–Kier alpha value is -4.13. The fraction of sp³-hybridized carbons (Fsp3) is 0.214. The molecule has 216 valence electrons. The van der Waals surface area contributed by atoms with Crippen LogP contribution >= 0.6 is 0 Å². The van der Waals surface area contributed by atoms with Gasteiger partial charge in [0.2, 0.25) is 5.95 Å². The Morgan fingerprint density at radius 2 is 1.10 bits per heavy atom. The predicted octanol–water partition coefficient (Wildman–Crippen LogP) is 7.14. The van der Waals surface area contributed by atoms with E-state index in [4.69, 9.17) is 0 Å². The van der Waals surface area contributed by atoms with Gasteiger partial charge < -0.3 is 4.90 Å². The van der Waals surface area contributed by atoms with Crippen LogP contribution in [-0.2, 0) is 35.5 Å². The molecule has 1 N–H and O–H groups in total. The smallest absolute Gasteiger partial charge is 0.363 e. The number of aryl methyl sites for hydroxylation is 2. The molecule has 0 aliphatic rings. The van der Waals surface area contributed by atoms with Gasteiger partial charge in [-0.3, -0.25) is 0 Å². The maximum atomic E-state index is 13.0. The number of sulfonamides is 1. The van der Waals surface area contributed by atoms with Crippen molar-refractivity contribution < 1.29 is 34.8 Å². The van der Waals surface area contributed by atoms with Crippen molar-refractivity contribution in [2.45, 2.75) is 44.2 Å². The van der Waals surface area contributed by atoms with E-state index in [-0.39, 0.29) is 23.9 Å². The largest absolute Gasteiger partial charge is 0.416 e. The second-order valence-electron chi connectivity index (χ2n) is 9.32. The quantitative estimate of drug-likeness (QED) is 0.220. The molecule has 0 saturated heterocycles. The second-order valence-corrected chi connectivity index (χ2v) is 11.0. The van der Waals surface area contributed by atoms with Gasteiger partial charge in [-0.1, -0.05) is 24.3 Å². The van der Waals surface area contributed by atoms with Crippen LogP contribution in [-0.4, -0.2) is 18.4 Å². The average Bonchev–Trinajstić information content (AvgIpc) is 2.87. The molecule has 0 saturated carbocycles. The zero-order valence-electron chi connectivity index (χ0n) is 21.8. The van der Waals surface area contributed by atoms with Gasteiger partial charge in [-0.15, -0.1) is 0 Å². The lowest BCUT2D eigenvalue weighted by atomic mass is 10.1. The van der Waals surface area contributed by atoms with Crippen LogP contribution in [0.25, 0.3) is 0 Å². The minimum atomic E-state index is -4.50. The van der Waals surface area contributed by atoms with E-state index in [0.29, 0.717) is 28.2 Å². The Bertz CT molecular complexity index is 1520. The molecule has 0 fully saturated rings. The molecule has 0 bridgehead atoms. The zero-order chi connectivity index (χ0) is 30.0. The molecular weight excluding hydrogens is 570 g/mol. The van der Waals surface area contributed by atoms with Crippen LogP contribution in [0.3, 0.4) is 0 Å². The molecule has 6 nitrogen and oxygen atoms in total. The molecule has 0 spiro atoms. The monoisotopic (exact) mass is 594 g/mol. The minimum Gasteiger partial charge on any atom is -0.363 e. The van der Waals surface area contributed by atoms with Crippen molar-refractivity contribution in [1.29, 1.82) is 0 Å². The van der Waals surface area contributed by atoms with Crippen LogP contribution in [0.15, 0.2) is 83.8 Å². The van der Waals surface area contributed by atoms with Crippen LogP contribution in [0.5, 0.6) is 0 Å². The summed E-state index contributed by atoms with van der Waals surface area (Å²) in [4.78, 5) is 9.77. The summed E-state index contributed by atoms with van der Waals surface area (Å²) in [5.41, 5.74) is 1.04. The lowest BCUT2D eigenvalue weighted by Crippen LogP contribution is -2.22. The maximum absolute atomic E-state index is 13.0. The van der Waals surface area contributed by atoms with Gasteiger partial charge in [0, 0.05) is 30.2 Å². The first-order valence-corrected chi connectivity index (χ1v) is 13.6. The van der Waals surface area contributed by atoms with Gasteiger partial charge in [0.1, 0.15) is 0 Å². The molecule has 0 aliphatic carbocycles. The number of aromatic nitrogens is 2. The molecule has 4 aromatic rings. The highest BCUT2D eigenvalue weighted by Gasteiger charge is 2.31. The molecule has 0 amide bonds. The third-order valence-electron chi connectivity index (χ3n) is 6.03. The average molecular weight is 595 g/mol. The number of halogens is 6. The lowest BCUT2D eigenvalue weighted by Gasteiger charge is -2.26. The van der Waals surface area contributed by atoms with E-state index >= 15 is 0 Å². The first-order valence-electron chi connectivity index (χ1n) is 12.1. The summed E-state index contributed by atoms with van der Waals surface area (Å²) in [5.74, 6) is -0.0854. The van der Waals surface area contributed by atoms with E-state index in [1.807, 2.05) is 0 Å². The van der Waals surface area contributed by atoms with Crippen LogP contribution in [0.1, 0.15) is 33.6 Å². The molecular formula is C28H24F6N4O2S. The number of hydrogen-bond donors (Lipinski definition) is 1. The second kappa shape index (κ2) is 11.4. The molecule has 0 aliphatic heterocycles. The minimum absolute atomic E-state index is 0.0854. The summed E-state index contributed by atoms with van der Waals surface area (Å²) in [5, 5.41) is 0. The van der Waals surface area contributed by atoms with Gasteiger partial charge in [-0.25, -0.2) is 23.1 Å². The highest BCUT2D eigenvalue weighted by atomic mass is 32.2. The Balaban J connectivity index is 1.61. The maximum Gasteiger partial charge on any atom is 0.416 e. The number of nitrogens with zero attached hydrogens (tertiary/aromatic N) is 3. The summed E-state index contributed by atoms with van der Waals surface area (Å²) in [6, 6.07) is 16.4. The molecule has 13 heteroatoms. The van der Waals surface area contributed by atoms with Crippen LogP contribution in [0, 0.1) is 13.8 Å². The molecule has 4 rings (SSSR count). The van der Waals surface area contributed by atoms with Gasteiger partial charge in [-0.2, -0.15) is 26.3 Å². The molecule has 0 radical (unpaired) electrons. The number of alkyl halides is 6. The SMILES string of the molecule is Cc1cc(C)nc(NS(=O)(=O)c2ccc(N(Cc3ccc(C(F)(F)F)cc3)Cc3ccc(C(F)(F)F)cc3)cc2)n1. The summed E-state index contributed by atoms with van der Waals surface area (Å²) in [7, 11) is -4.05. The lowest BCUT2D eigenvalue weighted by molar-refractivity contribution is -0.138. The Kier molecular flexibility index (Phi) is 8.29. The highest BCUT2D eigenvalue weighted by Crippen LogP contribution is 2.31. The molecule has 0 atom stereocenters. The third-order valence-corrected chi connectivity index (χ3v) is 7.37. The fourth-order valence-corrected chi connectivity index (χ4v) is 5.01. The number of rotatable bonds is 8. The van der Waals surface area contributed by atoms with Gasteiger partial charge in [0.05, 0.1) is 16.0 Å². The fourth-order valence-electron chi connectivity index (χ4n) is 4.06. The van der Waals surface area contributed by atoms with Crippen LogP contribution < -0.4 is 9.62 Å². The Morgan fingerprint density at radius 3 is 1.49 bits per heavy atom. The van der Waals surface area contributed by atoms with Crippen molar-refractivity contribution in [3.8, 4) is 0 Å². The number of nitrogens with one attached hydrogen (secondary N) is 1. The van der Waals surface area contributed by atoms with E-state index in [0.717, 1.165) is 24.3 Å². The Labute approximate surface area is 232 Å². The van der Waals surface area contributed by atoms with E-state index in [2.05, 4.69) is 14.7 Å². The molecule has 41 heavy (non-hydrogen) atoms. The summed E-state index contributed by atoms with van der Waals surface area (Å²) < 4.78 is 106. The zero-order valence-corrected chi connectivity index (χ0v) is 22.6. The molecule has 0 unspecified atom stereocenters. The van der Waals surface area contributed by atoms with Gasteiger partial charge in [0.15, 0.2) is 0 Å². The van der Waals surface area contributed by atoms with E-state index in [1.54, 1.807) is 24.8 Å². The van der Waals surface area contributed by atoms with Crippen molar-refractivity contribution in [1.82, 2.24) is 9.97 Å². The first-order chi connectivity index (χ1) is 19.1. The summed E-state index contributed by atoms with van der Waals surface area (Å²) in [6.07, 6.45) is -9.01. The Morgan fingerprint density at radius 1 is 0.683 bits per heavy atom. The number of anilines is 2. The van der Waals surface area contributed by atoms with Crippen molar-refractivity contribution in [2.24, 2.45) is 0 Å². The number of benzene rings is 3. The van der Waals surface area contributed by atoms with E-state index in [9.17, 15) is 34.8 Å². The van der Waals surface area contributed by atoms with Crippen molar-refractivity contribution in [3.05, 3.63) is 113 Å². The molecule has 3 aromatic carbocycles. The van der Waals surface area contributed by atoms with E-state index < -0.39 is 33.5 Å². The summed E-state index contributed by atoms with van der Waals surface area (Å²) in [6.45, 7) is 3.59. The van der Waals surface area contributed by atoms with Gasteiger partial charge >= 0.3 is 12.4 Å². The van der Waals surface area contributed by atoms with Gasteiger partial charge in [-0.05, 0) is 79.6 Å². The van der Waals surface area contributed by atoms with Gasteiger partial charge in [0.25, 0.3) is 10.0 Å². The normalized spacial score (nSPS) is 12.3. The third kappa shape index (κ3) is 7.75. The van der Waals surface area contributed by atoms with Crippen LogP contribution in [0.2, 0.25) is 0 Å². The molecule has 1 heterocycles. The molecule has 1 aromatic heterocycles. The number of hydrogen-bond acceptors (Lipinski definition) is 5. The van der Waals surface area contributed by atoms with Crippen LogP contribution in [0.4, 0.5) is 38.0 Å². The highest BCUT2D eigenvalue weighted by molar-refractivity contribution is 7.92. The summed E-state index contributed by atoms with van der Waals surface area (Å²) >= 11 is 0. The topological polar surface area (TPSA) is 75.2 Å². The van der Waals surface area contributed by atoms with Crippen molar-refractivity contribution in [2.75, 3.05) is 9.62 Å². The predicted molar refractivity (Wildman–Crippen MR) is 142 cm³/mol. The first kappa shape index (κ1) is 29.8.